The molecule has 0 aliphatic rings. The molecule has 0 aliphatic carbocycles. The number of anilines is 1. The largest absolute Gasteiger partial charge is 0.478 e. The highest BCUT2D eigenvalue weighted by Gasteiger charge is 2.09. The van der Waals surface area contributed by atoms with E-state index in [0.29, 0.717) is 21.4 Å². The molecule has 1 aromatic heterocycles. The molecule has 0 atom stereocenters. The minimum Gasteiger partial charge on any atom is -0.478 e. The van der Waals surface area contributed by atoms with Crippen molar-refractivity contribution in [1.82, 2.24) is 9.97 Å². The van der Waals surface area contributed by atoms with Crippen LogP contribution in [0, 0.1) is 6.92 Å². The molecule has 0 spiro atoms. The molecule has 0 aliphatic heterocycles. The van der Waals surface area contributed by atoms with E-state index in [4.69, 9.17) is 10.8 Å². The Hall–Kier alpha value is -2.28. The third kappa shape index (κ3) is 3.14. The molecule has 0 radical (unpaired) electrons. The summed E-state index contributed by atoms with van der Waals surface area (Å²) in [6.07, 6.45) is 0. The van der Waals surface area contributed by atoms with Crippen molar-refractivity contribution in [3.63, 3.8) is 0 Å². The highest BCUT2D eigenvalue weighted by Crippen LogP contribution is 2.30. The molecule has 1 aromatic carbocycles. The van der Waals surface area contributed by atoms with Crippen molar-refractivity contribution < 1.29 is 9.90 Å². The first-order chi connectivity index (χ1) is 8.95. The Balaban J connectivity index is 2.39. The van der Waals surface area contributed by atoms with E-state index < -0.39 is 5.97 Å². The van der Waals surface area contributed by atoms with Gasteiger partial charge in [-0.15, -0.1) is 0 Å². The first-order valence-electron chi connectivity index (χ1n) is 5.34. The van der Waals surface area contributed by atoms with E-state index in [1.165, 1.54) is 24.3 Å². The molecule has 1 heterocycles. The summed E-state index contributed by atoms with van der Waals surface area (Å²) in [5, 5.41) is 9.31. The van der Waals surface area contributed by atoms with Gasteiger partial charge >= 0.3 is 5.97 Å². The third-order valence-corrected chi connectivity index (χ3v) is 3.28. The van der Waals surface area contributed by atoms with Gasteiger partial charge in [0.05, 0.1) is 5.56 Å². The highest BCUT2D eigenvalue weighted by molar-refractivity contribution is 7.99. The summed E-state index contributed by atoms with van der Waals surface area (Å²) in [6, 6.07) is 5.76. The van der Waals surface area contributed by atoms with Crippen molar-refractivity contribution in [1.29, 1.82) is 0 Å². The van der Waals surface area contributed by atoms with Crippen LogP contribution in [0.1, 0.15) is 16.1 Å². The molecule has 19 heavy (non-hydrogen) atoms. The SMILES string of the molecule is Cc1cc(=O)[nH]c(Sc2cc(C(=O)O)ccc2N)n1. The lowest BCUT2D eigenvalue weighted by molar-refractivity contribution is 0.0696. The average molecular weight is 277 g/mol. The summed E-state index contributed by atoms with van der Waals surface area (Å²) >= 11 is 1.12. The predicted molar refractivity (Wildman–Crippen MR) is 71.5 cm³/mol. The van der Waals surface area contributed by atoms with E-state index >= 15 is 0 Å². The Bertz CT molecular complexity index is 697. The molecule has 0 unspecified atom stereocenters. The minimum absolute atomic E-state index is 0.131. The Labute approximate surface area is 112 Å². The molecule has 2 aromatic rings. The van der Waals surface area contributed by atoms with Crippen LogP contribution in [-0.4, -0.2) is 21.0 Å². The first-order valence-corrected chi connectivity index (χ1v) is 6.16. The standard InChI is InChI=1S/C12H11N3O3S/c1-6-4-10(16)15-12(14-6)19-9-5-7(11(17)18)2-3-8(9)13/h2-5H,13H2,1H3,(H,17,18)(H,14,15,16). The number of carbonyl (C=O) groups is 1. The molecule has 0 saturated carbocycles. The van der Waals surface area contributed by atoms with Crippen molar-refractivity contribution in [2.24, 2.45) is 0 Å². The Morgan fingerprint density at radius 2 is 2.16 bits per heavy atom. The zero-order valence-electron chi connectivity index (χ0n) is 10.0. The molecule has 7 heteroatoms. The molecule has 98 valence electrons. The zero-order chi connectivity index (χ0) is 14.0. The number of nitrogens with one attached hydrogen (secondary N) is 1. The number of nitrogen functional groups attached to an aromatic ring is 1. The van der Waals surface area contributed by atoms with Gasteiger partial charge in [0.15, 0.2) is 5.16 Å². The number of H-pyrrole nitrogens is 1. The van der Waals surface area contributed by atoms with Gasteiger partial charge in [-0.1, -0.05) is 0 Å². The second-order valence-electron chi connectivity index (χ2n) is 3.85. The Morgan fingerprint density at radius 3 is 2.79 bits per heavy atom. The van der Waals surface area contributed by atoms with E-state index in [1.807, 2.05) is 0 Å². The van der Waals surface area contributed by atoms with Gasteiger partial charge in [-0.2, -0.15) is 0 Å². The fraction of sp³-hybridized carbons (Fsp3) is 0.0833. The summed E-state index contributed by atoms with van der Waals surface area (Å²) in [7, 11) is 0. The zero-order valence-corrected chi connectivity index (χ0v) is 10.8. The number of aromatic carboxylic acids is 1. The number of rotatable bonds is 3. The van der Waals surface area contributed by atoms with E-state index in [-0.39, 0.29) is 11.1 Å². The van der Waals surface area contributed by atoms with Crippen molar-refractivity contribution in [2.45, 2.75) is 17.0 Å². The molecule has 4 N–H and O–H groups in total. The van der Waals surface area contributed by atoms with Gasteiger partial charge in [0.25, 0.3) is 5.56 Å². The average Bonchev–Trinajstić information content (AvgIpc) is 2.30. The second-order valence-corrected chi connectivity index (χ2v) is 4.88. The van der Waals surface area contributed by atoms with Crippen LogP contribution in [0.3, 0.4) is 0 Å². The lowest BCUT2D eigenvalue weighted by atomic mass is 10.2. The van der Waals surface area contributed by atoms with Crippen LogP contribution in [0.2, 0.25) is 0 Å². The maximum Gasteiger partial charge on any atom is 0.335 e. The minimum atomic E-state index is -1.03. The van der Waals surface area contributed by atoms with E-state index in [1.54, 1.807) is 6.92 Å². The lowest BCUT2D eigenvalue weighted by Gasteiger charge is -2.06. The van der Waals surface area contributed by atoms with Crippen molar-refractivity contribution in [3.05, 3.63) is 45.9 Å². The summed E-state index contributed by atoms with van der Waals surface area (Å²) in [6.45, 7) is 1.70. The molecular weight excluding hydrogens is 266 g/mol. The smallest absolute Gasteiger partial charge is 0.335 e. The van der Waals surface area contributed by atoms with Crippen LogP contribution >= 0.6 is 11.8 Å². The molecule has 2 rings (SSSR count). The number of carboxylic acids is 1. The monoisotopic (exact) mass is 277 g/mol. The third-order valence-electron chi connectivity index (χ3n) is 2.32. The number of aryl methyl sites for hydroxylation is 1. The van der Waals surface area contributed by atoms with E-state index in [0.717, 1.165) is 11.8 Å². The summed E-state index contributed by atoms with van der Waals surface area (Å²) in [5.74, 6) is -1.03. The van der Waals surface area contributed by atoms with Crippen LogP contribution in [0.4, 0.5) is 5.69 Å². The Morgan fingerprint density at radius 1 is 1.42 bits per heavy atom. The molecule has 0 amide bonds. The van der Waals surface area contributed by atoms with Gasteiger partial charge in [0, 0.05) is 22.3 Å². The van der Waals surface area contributed by atoms with E-state index in [9.17, 15) is 9.59 Å². The van der Waals surface area contributed by atoms with Crippen LogP contribution < -0.4 is 11.3 Å². The first kappa shape index (κ1) is 13.2. The quantitative estimate of drug-likeness (QED) is 0.579. The number of aromatic nitrogens is 2. The second kappa shape index (κ2) is 5.15. The van der Waals surface area contributed by atoms with Crippen LogP contribution in [0.15, 0.2) is 39.1 Å². The fourth-order valence-corrected chi connectivity index (χ4v) is 2.38. The van der Waals surface area contributed by atoms with Crippen LogP contribution in [0.5, 0.6) is 0 Å². The van der Waals surface area contributed by atoms with Crippen molar-refractivity contribution in [2.75, 3.05) is 5.73 Å². The number of hydrogen-bond donors (Lipinski definition) is 3. The van der Waals surface area contributed by atoms with Gasteiger partial charge in [0.2, 0.25) is 0 Å². The summed E-state index contributed by atoms with van der Waals surface area (Å²) in [4.78, 5) is 29.5. The van der Waals surface area contributed by atoms with Crippen LogP contribution in [0.25, 0.3) is 0 Å². The number of hydrogen-bond acceptors (Lipinski definition) is 5. The van der Waals surface area contributed by atoms with Crippen molar-refractivity contribution >= 4 is 23.4 Å². The van der Waals surface area contributed by atoms with Crippen LogP contribution in [-0.2, 0) is 0 Å². The molecule has 0 bridgehead atoms. The highest BCUT2D eigenvalue weighted by atomic mass is 32.2. The molecule has 0 saturated heterocycles. The topological polar surface area (TPSA) is 109 Å². The van der Waals surface area contributed by atoms with Crippen molar-refractivity contribution in [3.8, 4) is 0 Å². The maximum atomic E-state index is 11.3. The number of carboxylic acid groups (broad SMARTS) is 1. The number of nitrogens with two attached hydrogens (primary N) is 1. The number of benzene rings is 1. The fourth-order valence-electron chi connectivity index (χ4n) is 1.46. The predicted octanol–water partition coefficient (Wildman–Crippen LogP) is 1.51. The van der Waals surface area contributed by atoms with Gasteiger partial charge < -0.3 is 15.8 Å². The van der Waals surface area contributed by atoms with Gasteiger partial charge in [0.1, 0.15) is 0 Å². The summed E-state index contributed by atoms with van der Waals surface area (Å²) < 4.78 is 0. The van der Waals surface area contributed by atoms with Gasteiger partial charge in [-0.3, -0.25) is 4.79 Å². The van der Waals surface area contributed by atoms with E-state index in [2.05, 4.69) is 9.97 Å². The lowest BCUT2D eigenvalue weighted by Crippen LogP contribution is -2.08. The maximum absolute atomic E-state index is 11.3. The number of aromatic amines is 1. The molecular formula is C12H11N3O3S. The normalized spacial score (nSPS) is 10.4. The Kier molecular flexibility index (Phi) is 3.57. The van der Waals surface area contributed by atoms with Gasteiger partial charge in [-0.25, -0.2) is 9.78 Å². The molecule has 6 nitrogen and oxygen atoms in total. The molecule has 0 fully saturated rings. The summed E-state index contributed by atoms with van der Waals surface area (Å²) in [5.41, 5.74) is 6.66. The van der Waals surface area contributed by atoms with Gasteiger partial charge in [-0.05, 0) is 36.9 Å². The number of nitrogens with zero attached hydrogens (tertiary/aromatic N) is 1.